The number of aldehydes is 1. The lowest BCUT2D eigenvalue weighted by Crippen LogP contribution is -2.22. The van der Waals surface area contributed by atoms with Gasteiger partial charge in [-0.05, 0) is 54.7 Å². The molecule has 7 nitrogen and oxygen atoms in total. The molecule has 0 aliphatic heterocycles. The fourth-order valence-corrected chi connectivity index (χ4v) is 4.73. The van der Waals surface area contributed by atoms with Crippen LogP contribution in [0.15, 0.2) is 40.8 Å². The monoisotopic (exact) mass is 516 g/mol. The number of nitrogens with two attached hydrogens (primary N) is 1. The first-order valence-corrected chi connectivity index (χ1v) is 13.4. The van der Waals surface area contributed by atoms with Crippen molar-refractivity contribution in [3.8, 4) is 11.3 Å². The molecule has 0 atom stereocenters. The van der Waals surface area contributed by atoms with Crippen LogP contribution in [-0.2, 0) is 14.2 Å². The highest BCUT2D eigenvalue weighted by atomic mass is 32.2. The first-order valence-electron chi connectivity index (χ1n) is 12.2. The molecule has 2 N–H and O–H groups in total. The van der Waals surface area contributed by atoms with Crippen molar-refractivity contribution in [2.24, 2.45) is 5.73 Å². The maximum atomic E-state index is 13.4. The largest absolute Gasteiger partial charge is 0.455 e. The van der Waals surface area contributed by atoms with Crippen LogP contribution in [0.4, 0.5) is 10.1 Å². The summed E-state index contributed by atoms with van der Waals surface area (Å²) in [5.41, 5.74) is 9.48. The summed E-state index contributed by atoms with van der Waals surface area (Å²) in [6.07, 6.45) is 5.12. The van der Waals surface area contributed by atoms with Crippen molar-refractivity contribution in [3.05, 3.63) is 53.3 Å². The first kappa shape index (κ1) is 26.6. The van der Waals surface area contributed by atoms with E-state index in [1.807, 2.05) is 12.3 Å². The van der Waals surface area contributed by atoms with Gasteiger partial charge in [-0.1, -0.05) is 11.9 Å². The number of carbonyl (C=O) groups excluding carboxylic acids is 1. The molecule has 36 heavy (non-hydrogen) atoms. The molecule has 1 heterocycles. The average molecular weight is 517 g/mol. The van der Waals surface area contributed by atoms with Crippen LogP contribution in [0.5, 0.6) is 0 Å². The van der Waals surface area contributed by atoms with Gasteiger partial charge < -0.3 is 28.7 Å². The standard InChI is InChI=1S/C27H33FN2O5S/c1-36-30(9-11-33-13-15-34-14-12-32-10-8-29)25-17-26-23(16-22(25)19-2-3-19)24(18-31)27(35-26)20-4-6-21(28)7-5-20/h4-7,16-19H,2-3,8-15,29H2,1H3. The second-order valence-corrected chi connectivity index (χ2v) is 9.37. The summed E-state index contributed by atoms with van der Waals surface area (Å²) in [6, 6.07) is 10.1. The Morgan fingerprint density at radius 3 is 2.33 bits per heavy atom. The molecule has 1 fully saturated rings. The number of carbonyl (C=O) groups is 1. The van der Waals surface area contributed by atoms with Gasteiger partial charge in [0.15, 0.2) is 6.29 Å². The molecule has 1 aromatic heterocycles. The molecule has 0 spiro atoms. The Kier molecular flexibility index (Phi) is 9.77. The third-order valence-electron chi connectivity index (χ3n) is 6.05. The predicted octanol–water partition coefficient (Wildman–Crippen LogP) is 5.02. The van der Waals surface area contributed by atoms with Crippen molar-refractivity contribution < 1.29 is 27.8 Å². The van der Waals surface area contributed by atoms with Crippen molar-refractivity contribution in [2.45, 2.75) is 18.8 Å². The molecular weight excluding hydrogens is 483 g/mol. The number of benzene rings is 2. The molecule has 194 valence electrons. The van der Waals surface area contributed by atoms with Gasteiger partial charge in [0.05, 0.1) is 57.4 Å². The second-order valence-electron chi connectivity index (χ2n) is 8.56. The van der Waals surface area contributed by atoms with E-state index in [0.717, 1.165) is 30.2 Å². The Hall–Kier alpha value is -2.43. The summed E-state index contributed by atoms with van der Waals surface area (Å²) in [4.78, 5) is 12.0. The molecule has 0 unspecified atom stereocenters. The number of nitrogens with zero attached hydrogens (tertiary/aromatic N) is 1. The molecule has 1 aliphatic carbocycles. The van der Waals surface area contributed by atoms with Crippen LogP contribution in [0.25, 0.3) is 22.3 Å². The van der Waals surface area contributed by atoms with Gasteiger partial charge in [0, 0.05) is 29.8 Å². The molecule has 0 radical (unpaired) electrons. The highest BCUT2D eigenvalue weighted by Gasteiger charge is 2.30. The Balaban J connectivity index is 1.45. The van der Waals surface area contributed by atoms with E-state index in [9.17, 15) is 9.18 Å². The molecule has 1 aliphatic rings. The third-order valence-corrected chi connectivity index (χ3v) is 6.87. The summed E-state index contributed by atoms with van der Waals surface area (Å²) < 4.78 is 38.4. The SMILES string of the molecule is CSN(CCOCCOCCOCCN)c1cc2oc(-c3ccc(F)cc3)c(C=O)c2cc1C1CC1. The Morgan fingerprint density at radius 2 is 1.72 bits per heavy atom. The van der Waals surface area contributed by atoms with Crippen LogP contribution < -0.4 is 10.0 Å². The van der Waals surface area contributed by atoms with Gasteiger partial charge in [-0.3, -0.25) is 4.79 Å². The van der Waals surface area contributed by atoms with E-state index in [1.54, 1.807) is 24.1 Å². The summed E-state index contributed by atoms with van der Waals surface area (Å²) in [7, 11) is 0. The van der Waals surface area contributed by atoms with Crippen LogP contribution >= 0.6 is 11.9 Å². The van der Waals surface area contributed by atoms with Crippen LogP contribution in [0.1, 0.15) is 34.7 Å². The van der Waals surface area contributed by atoms with Gasteiger partial charge in [0.25, 0.3) is 0 Å². The van der Waals surface area contributed by atoms with E-state index < -0.39 is 0 Å². The number of furan rings is 1. The molecular formula is C27H33FN2O5S. The minimum absolute atomic E-state index is 0.332. The zero-order valence-corrected chi connectivity index (χ0v) is 21.4. The number of rotatable bonds is 16. The van der Waals surface area contributed by atoms with Crippen molar-refractivity contribution >= 4 is 34.9 Å². The Morgan fingerprint density at radius 1 is 1.06 bits per heavy atom. The van der Waals surface area contributed by atoms with Gasteiger partial charge in [-0.2, -0.15) is 0 Å². The number of hydrogen-bond acceptors (Lipinski definition) is 8. The smallest absolute Gasteiger partial charge is 0.154 e. The normalized spacial score (nSPS) is 13.4. The fraction of sp³-hybridized carbons (Fsp3) is 0.444. The number of ether oxygens (including phenoxy) is 3. The van der Waals surface area contributed by atoms with E-state index in [4.69, 9.17) is 24.4 Å². The quantitative estimate of drug-likeness (QED) is 0.161. The van der Waals surface area contributed by atoms with E-state index >= 15 is 0 Å². The van der Waals surface area contributed by atoms with E-state index in [2.05, 4.69) is 10.4 Å². The van der Waals surface area contributed by atoms with Crippen LogP contribution in [0, 0.1) is 5.82 Å². The van der Waals surface area contributed by atoms with Gasteiger partial charge in [0.2, 0.25) is 0 Å². The van der Waals surface area contributed by atoms with E-state index in [0.29, 0.717) is 81.1 Å². The molecule has 2 aromatic carbocycles. The average Bonchev–Trinajstić information content (AvgIpc) is 3.68. The number of halogens is 1. The Bertz CT molecular complexity index is 1130. The molecule has 1 saturated carbocycles. The molecule has 0 saturated heterocycles. The molecule has 9 heteroatoms. The number of fused-ring (bicyclic) bond motifs is 1. The topological polar surface area (TPSA) is 87.2 Å². The number of hydrogen-bond donors (Lipinski definition) is 1. The van der Waals surface area contributed by atoms with Gasteiger partial charge in [0.1, 0.15) is 17.2 Å². The highest BCUT2D eigenvalue weighted by Crippen LogP contribution is 2.48. The second kappa shape index (κ2) is 13.2. The van der Waals surface area contributed by atoms with Crippen LogP contribution in [0.3, 0.4) is 0 Å². The summed E-state index contributed by atoms with van der Waals surface area (Å²) in [5.74, 6) is 0.603. The van der Waals surface area contributed by atoms with Gasteiger partial charge >= 0.3 is 0 Å². The molecule has 4 rings (SSSR count). The van der Waals surface area contributed by atoms with Gasteiger partial charge in [-0.25, -0.2) is 4.39 Å². The third kappa shape index (κ3) is 6.66. The molecule has 3 aromatic rings. The van der Waals surface area contributed by atoms with Crippen molar-refractivity contribution in [3.63, 3.8) is 0 Å². The summed E-state index contributed by atoms with van der Waals surface area (Å²) in [5, 5.41) is 0.792. The molecule has 0 amide bonds. The number of anilines is 1. The first-order chi connectivity index (χ1) is 17.7. The van der Waals surface area contributed by atoms with Crippen molar-refractivity contribution in [2.75, 3.05) is 63.3 Å². The van der Waals surface area contributed by atoms with Crippen LogP contribution in [0.2, 0.25) is 0 Å². The van der Waals surface area contributed by atoms with Gasteiger partial charge in [-0.15, -0.1) is 0 Å². The summed E-state index contributed by atoms with van der Waals surface area (Å²) >= 11 is 1.63. The Labute approximate surface area is 215 Å². The van der Waals surface area contributed by atoms with Crippen LogP contribution in [-0.4, -0.2) is 65.3 Å². The zero-order valence-electron chi connectivity index (χ0n) is 20.5. The predicted molar refractivity (Wildman–Crippen MR) is 141 cm³/mol. The van der Waals surface area contributed by atoms with E-state index in [1.165, 1.54) is 17.7 Å². The highest BCUT2D eigenvalue weighted by molar-refractivity contribution is 7.99. The lowest BCUT2D eigenvalue weighted by atomic mass is 10.0. The van der Waals surface area contributed by atoms with E-state index in [-0.39, 0.29) is 5.82 Å². The van der Waals surface area contributed by atoms with Crippen molar-refractivity contribution in [1.29, 1.82) is 0 Å². The van der Waals surface area contributed by atoms with Crippen molar-refractivity contribution in [1.82, 2.24) is 0 Å². The fourth-order valence-electron chi connectivity index (χ4n) is 4.12. The molecule has 0 bridgehead atoms. The minimum atomic E-state index is -0.332. The lowest BCUT2D eigenvalue weighted by Gasteiger charge is -2.24. The maximum absolute atomic E-state index is 13.4. The summed E-state index contributed by atoms with van der Waals surface area (Å²) in [6.45, 7) is 4.38. The zero-order chi connectivity index (χ0) is 25.3. The lowest BCUT2D eigenvalue weighted by molar-refractivity contribution is 0.0176. The minimum Gasteiger partial charge on any atom is -0.455 e. The maximum Gasteiger partial charge on any atom is 0.154 e.